The fourth-order valence-corrected chi connectivity index (χ4v) is 5.87. The van der Waals surface area contributed by atoms with Gasteiger partial charge in [-0.1, -0.05) is 41.1 Å². The standard InChI is InChI=1S/C19H20Cl2N2O5S2/c20-10-2-1-8(18-17(27)16(26)15(25)11(7-24)28-18)5-9(10)6-14-22-23-19(30-14)12-3-4-13(21)29-12/h1-3,5,11,13,15-18,24-27H,4,6-7H2/t11-,13?,15-,16+,17-,18+/m1/s1. The minimum atomic E-state index is -1.44. The van der Waals surface area contributed by atoms with Crippen molar-refractivity contribution >= 4 is 51.2 Å². The van der Waals surface area contributed by atoms with Crippen LogP contribution in [-0.4, -0.2) is 66.4 Å². The monoisotopic (exact) mass is 490 g/mol. The zero-order valence-electron chi connectivity index (χ0n) is 15.6. The molecule has 0 aliphatic carbocycles. The smallest absolute Gasteiger partial charge is 0.153 e. The van der Waals surface area contributed by atoms with Crippen molar-refractivity contribution in [3.05, 3.63) is 50.4 Å². The number of hydrogen-bond acceptors (Lipinski definition) is 9. The molecule has 0 saturated carbocycles. The van der Waals surface area contributed by atoms with Crippen LogP contribution in [0, 0.1) is 0 Å². The summed E-state index contributed by atoms with van der Waals surface area (Å²) in [5.41, 5.74) is 1.34. The number of aromatic nitrogens is 2. The highest BCUT2D eigenvalue weighted by atomic mass is 35.5. The van der Waals surface area contributed by atoms with Crippen molar-refractivity contribution < 1.29 is 25.2 Å². The zero-order chi connectivity index (χ0) is 21.4. The van der Waals surface area contributed by atoms with Crippen LogP contribution in [0.1, 0.15) is 33.7 Å². The van der Waals surface area contributed by atoms with E-state index in [4.69, 9.17) is 27.9 Å². The summed E-state index contributed by atoms with van der Waals surface area (Å²) in [6, 6.07) is 5.14. The van der Waals surface area contributed by atoms with Gasteiger partial charge in [-0.25, -0.2) is 0 Å². The molecule has 0 amide bonds. The molecule has 162 valence electrons. The summed E-state index contributed by atoms with van der Waals surface area (Å²) in [5, 5.41) is 50.4. The first-order valence-corrected chi connectivity index (χ1v) is 11.8. The van der Waals surface area contributed by atoms with E-state index < -0.39 is 37.1 Å². The van der Waals surface area contributed by atoms with Crippen molar-refractivity contribution in [3.63, 3.8) is 0 Å². The SMILES string of the molecule is OC[C@H]1O[C@@H](c2ccc(Cl)c(Cc3nnc(C4=CCC(Cl)S4)s3)c2)[C@H](O)[C@@H](O)[C@@H]1O. The van der Waals surface area contributed by atoms with Gasteiger partial charge in [-0.2, -0.15) is 0 Å². The van der Waals surface area contributed by atoms with Crippen molar-refractivity contribution in [2.75, 3.05) is 6.61 Å². The highest BCUT2D eigenvalue weighted by Crippen LogP contribution is 2.42. The fraction of sp³-hybridized carbons (Fsp3) is 0.474. The van der Waals surface area contributed by atoms with E-state index in [0.717, 1.165) is 26.9 Å². The molecule has 30 heavy (non-hydrogen) atoms. The molecule has 1 saturated heterocycles. The Morgan fingerprint density at radius 3 is 2.63 bits per heavy atom. The Morgan fingerprint density at radius 1 is 1.13 bits per heavy atom. The van der Waals surface area contributed by atoms with Gasteiger partial charge in [-0.15, -0.1) is 33.6 Å². The third kappa shape index (κ3) is 4.55. The molecule has 4 rings (SSSR count). The molecule has 11 heteroatoms. The van der Waals surface area contributed by atoms with Crippen LogP contribution in [0.3, 0.4) is 0 Å². The molecule has 2 aliphatic heterocycles. The van der Waals surface area contributed by atoms with Crippen LogP contribution in [0.15, 0.2) is 24.3 Å². The predicted molar refractivity (Wildman–Crippen MR) is 117 cm³/mol. The van der Waals surface area contributed by atoms with E-state index in [1.54, 1.807) is 30.0 Å². The average molecular weight is 491 g/mol. The summed E-state index contributed by atoms with van der Waals surface area (Å²) >= 11 is 15.5. The lowest BCUT2D eigenvalue weighted by Crippen LogP contribution is -2.55. The second kappa shape index (κ2) is 9.40. The third-order valence-corrected chi connectivity index (χ3v) is 8.02. The van der Waals surface area contributed by atoms with E-state index >= 15 is 0 Å². The molecule has 3 heterocycles. The van der Waals surface area contributed by atoms with Crippen LogP contribution in [0.2, 0.25) is 5.02 Å². The maximum atomic E-state index is 10.4. The number of allylic oxidation sites excluding steroid dienone is 1. The van der Waals surface area contributed by atoms with E-state index in [2.05, 4.69) is 16.3 Å². The number of ether oxygens (including phenoxy) is 1. The molecule has 4 N–H and O–H groups in total. The van der Waals surface area contributed by atoms with Gasteiger partial charge in [0.25, 0.3) is 0 Å². The number of thioether (sulfide) groups is 1. The molecule has 7 nitrogen and oxygen atoms in total. The van der Waals surface area contributed by atoms with Gasteiger partial charge in [-0.05, 0) is 23.6 Å². The van der Waals surface area contributed by atoms with Gasteiger partial charge in [0.05, 0.1) is 11.3 Å². The normalized spacial score (nSPS) is 31.7. The molecule has 1 aromatic carbocycles. The molecule has 1 fully saturated rings. The number of alkyl halides is 1. The largest absolute Gasteiger partial charge is 0.394 e. The number of halogens is 2. The molecular weight excluding hydrogens is 471 g/mol. The van der Waals surface area contributed by atoms with E-state index in [1.165, 1.54) is 11.3 Å². The molecule has 2 aromatic rings. The van der Waals surface area contributed by atoms with E-state index in [9.17, 15) is 20.4 Å². The molecule has 0 radical (unpaired) electrons. The summed E-state index contributed by atoms with van der Waals surface area (Å²) in [7, 11) is 0. The molecule has 0 bridgehead atoms. The van der Waals surface area contributed by atoms with Gasteiger partial charge < -0.3 is 25.2 Å². The van der Waals surface area contributed by atoms with Crippen molar-refractivity contribution in [2.45, 2.75) is 48.1 Å². The van der Waals surface area contributed by atoms with E-state index in [0.29, 0.717) is 17.0 Å². The van der Waals surface area contributed by atoms with Crippen LogP contribution in [0.25, 0.3) is 4.91 Å². The summed E-state index contributed by atoms with van der Waals surface area (Å²) in [6.45, 7) is -0.480. The number of benzene rings is 1. The summed E-state index contributed by atoms with van der Waals surface area (Å²) in [5.74, 6) is 0. The van der Waals surface area contributed by atoms with Crippen LogP contribution in [0.4, 0.5) is 0 Å². The van der Waals surface area contributed by atoms with Gasteiger partial charge in [-0.3, -0.25) is 0 Å². The molecule has 6 atom stereocenters. The van der Waals surface area contributed by atoms with Gasteiger partial charge >= 0.3 is 0 Å². The van der Waals surface area contributed by atoms with Crippen molar-refractivity contribution in [3.8, 4) is 0 Å². The Hall–Kier alpha value is -0.750. The number of nitrogens with zero attached hydrogens (tertiary/aromatic N) is 2. The van der Waals surface area contributed by atoms with E-state index in [1.807, 2.05) is 0 Å². The lowest BCUT2D eigenvalue weighted by atomic mass is 9.90. The Labute approximate surface area is 191 Å². The molecule has 1 aromatic heterocycles. The number of aliphatic hydroxyl groups excluding tert-OH is 4. The van der Waals surface area contributed by atoms with Crippen LogP contribution < -0.4 is 0 Å². The third-order valence-electron chi connectivity index (χ3n) is 5.05. The Kier molecular flexibility index (Phi) is 7.03. The first kappa shape index (κ1) is 22.4. The minimum absolute atomic E-state index is 0.0250. The highest BCUT2D eigenvalue weighted by molar-refractivity contribution is 8.10. The zero-order valence-corrected chi connectivity index (χ0v) is 18.7. The minimum Gasteiger partial charge on any atom is -0.394 e. The topological polar surface area (TPSA) is 116 Å². The lowest BCUT2D eigenvalue weighted by molar-refractivity contribution is -0.231. The summed E-state index contributed by atoms with van der Waals surface area (Å²) < 4.78 is 5.67. The van der Waals surface area contributed by atoms with Gasteiger partial charge in [0.15, 0.2) is 5.01 Å². The Morgan fingerprint density at radius 2 is 1.93 bits per heavy atom. The Bertz CT molecular complexity index is 941. The molecule has 2 aliphatic rings. The van der Waals surface area contributed by atoms with Gasteiger partial charge in [0.1, 0.15) is 35.5 Å². The van der Waals surface area contributed by atoms with Crippen molar-refractivity contribution in [1.29, 1.82) is 0 Å². The predicted octanol–water partition coefficient (Wildman–Crippen LogP) is 2.34. The van der Waals surface area contributed by atoms with Gasteiger partial charge in [0, 0.05) is 16.3 Å². The molecule has 0 spiro atoms. The first-order valence-electron chi connectivity index (χ1n) is 9.30. The first-order chi connectivity index (χ1) is 14.4. The van der Waals surface area contributed by atoms with Crippen LogP contribution in [0.5, 0.6) is 0 Å². The van der Waals surface area contributed by atoms with E-state index in [-0.39, 0.29) is 4.71 Å². The van der Waals surface area contributed by atoms with Crippen LogP contribution in [-0.2, 0) is 11.2 Å². The second-order valence-electron chi connectivity index (χ2n) is 7.11. The maximum Gasteiger partial charge on any atom is 0.153 e. The van der Waals surface area contributed by atoms with Crippen LogP contribution >= 0.6 is 46.3 Å². The molecular formula is C19H20Cl2N2O5S2. The highest BCUT2D eigenvalue weighted by Gasteiger charge is 2.44. The summed E-state index contributed by atoms with van der Waals surface area (Å²) in [6.07, 6.45) is -2.78. The van der Waals surface area contributed by atoms with Crippen molar-refractivity contribution in [1.82, 2.24) is 10.2 Å². The quantitative estimate of drug-likeness (QED) is 0.472. The second-order valence-corrected chi connectivity index (χ2v) is 10.6. The van der Waals surface area contributed by atoms with Gasteiger partial charge in [0.2, 0.25) is 0 Å². The number of aliphatic hydroxyl groups is 4. The average Bonchev–Trinajstić information content (AvgIpc) is 3.37. The molecule has 1 unspecified atom stereocenters. The Balaban J connectivity index is 1.55. The fourth-order valence-electron chi connectivity index (χ4n) is 3.44. The number of rotatable bonds is 5. The maximum absolute atomic E-state index is 10.4. The summed E-state index contributed by atoms with van der Waals surface area (Å²) in [4.78, 5) is 1.03. The van der Waals surface area contributed by atoms with Crippen molar-refractivity contribution in [2.24, 2.45) is 0 Å². The number of hydrogen-bond donors (Lipinski definition) is 4. The lowest BCUT2D eigenvalue weighted by Gasteiger charge is -2.40.